The fourth-order valence-electron chi connectivity index (χ4n) is 1.44. The van der Waals surface area contributed by atoms with E-state index in [1.165, 1.54) is 12.1 Å². The molecule has 8 heteroatoms. The summed E-state index contributed by atoms with van der Waals surface area (Å²) in [5.74, 6) is -2.21. The van der Waals surface area contributed by atoms with Crippen LogP contribution in [-0.4, -0.2) is 14.7 Å². The molecule has 1 N–H and O–H groups in total. The summed E-state index contributed by atoms with van der Waals surface area (Å²) in [7, 11) is -3.96. The number of nitrogens with one attached hydrogen (secondary N) is 1. The summed E-state index contributed by atoms with van der Waals surface area (Å²) in [5, 5.41) is -0.429. The Morgan fingerprint density at radius 1 is 1.15 bits per heavy atom. The molecule has 0 unspecified atom stereocenters. The van der Waals surface area contributed by atoms with Crippen LogP contribution in [0.4, 0.5) is 8.78 Å². The van der Waals surface area contributed by atoms with Crippen LogP contribution in [-0.2, 0) is 16.6 Å². The van der Waals surface area contributed by atoms with E-state index >= 15 is 0 Å². The molecule has 1 heterocycles. The van der Waals surface area contributed by atoms with Gasteiger partial charge in [0.15, 0.2) is 23.7 Å². The van der Waals surface area contributed by atoms with Crippen molar-refractivity contribution in [1.82, 2.24) is 4.72 Å². The predicted octanol–water partition coefficient (Wildman–Crippen LogP) is 1.85. The molecule has 0 radical (unpaired) electrons. The smallest absolute Gasteiger partial charge is 0.274 e. The lowest BCUT2D eigenvalue weighted by Gasteiger charge is -2.04. The SMILES string of the molecule is O=Cc1ccc(S(=O)(=O)NCc2ccc(F)c(F)c2)o1. The molecular formula is C12H9F2NO4S. The maximum absolute atomic E-state index is 13.0. The van der Waals surface area contributed by atoms with Crippen molar-refractivity contribution >= 4 is 16.3 Å². The summed E-state index contributed by atoms with van der Waals surface area (Å²) in [5.41, 5.74) is 0.245. The highest BCUT2D eigenvalue weighted by Crippen LogP contribution is 2.14. The summed E-state index contributed by atoms with van der Waals surface area (Å²) in [4.78, 5) is 10.4. The summed E-state index contributed by atoms with van der Waals surface area (Å²) >= 11 is 0. The minimum atomic E-state index is -3.96. The van der Waals surface area contributed by atoms with Crippen LogP contribution in [0.1, 0.15) is 16.1 Å². The Balaban J connectivity index is 2.12. The molecule has 0 aliphatic heterocycles. The van der Waals surface area contributed by atoms with Gasteiger partial charge in [0.25, 0.3) is 10.0 Å². The summed E-state index contributed by atoms with van der Waals surface area (Å²) in [6.45, 7) is -0.239. The largest absolute Gasteiger partial charge is 0.440 e. The maximum Gasteiger partial charge on any atom is 0.274 e. The molecule has 0 aliphatic carbocycles. The first-order valence-electron chi connectivity index (χ1n) is 5.41. The first-order valence-corrected chi connectivity index (χ1v) is 6.89. The van der Waals surface area contributed by atoms with E-state index in [1.54, 1.807) is 0 Å². The Kier molecular flexibility index (Phi) is 3.96. The second kappa shape index (κ2) is 5.51. The van der Waals surface area contributed by atoms with Crippen LogP contribution in [0.5, 0.6) is 0 Å². The van der Waals surface area contributed by atoms with Gasteiger partial charge in [0.05, 0.1) is 0 Å². The molecule has 0 atom stereocenters. The van der Waals surface area contributed by atoms with Crippen molar-refractivity contribution in [2.24, 2.45) is 0 Å². The van der Waals surface area contributed by atoms with E-state index in [-0.39, 0.29) is 17.9 Å². The summed E-state index contributed by atoms with van der Waals surface area (Å²) in [6, 6.07) is 5.36. The van der Waals surface area contributed by atoms with Gasteiger partial charge in [-0.25, -0.2) is 21.9 Å². The van der Waals surface area contributed by atoms with Crippen LogP contribution in [0.15, 0.2) is 39.8 Å². The van der Waals surface area contributed by atoms with E-state index in [1.807, 2.05) is 0 Å². The molecule has 5 nitrogen and oxygen atoms in total. The van der Waals surface area contributed by atoms with Crippen molar-refractivity contribution in [1.29, 1.82) is 0 Å². The topological polar surface area (TPSA) is 76.4 Å². The number of carbonyl (C=O) groups excluding carboxylic acids is 1. The third-order valence-corrected chi connectivity index (χ3v) is 3.71. The predicted molar refractivity (Wildman–Crippen MR) is 64.5 cm³/mol. The maximum atomic E-state index is 13.0. The zero-order valence-electron chi connectivity index (χ0n) is 9.97. The van der Waals surface area contributed by atoms with Gasteiger partial charge in [-0.1, -0.05) is 6.07 Å². The molecule has 0 aliphatic rings. The highest BCUT2D eigenvalue weighted by Gasteiger charge is 2.18. The molecule has 1 aromatic carbocycles. The Morgan fingerprint density at radius 2 is 1.90 bits per heavy atom. The van der Waals surface area contributed by atoms with Crippen molar-refractivity contribution in [3.05, 3.63) is 53.3 Å². The molecule has 106 valence electrons. The Bertz CT molecular complexity index is 740. The van der Waals surface area contributed by atoms with E-state index in [2.05, 4.69) is 4.72 Å². The zero-order chi connectivity index (χ0) is 14.8. The number of benzene rings is 1. The first-order chi connectivity index (χ1) is 9.42. The van der Waals surface area contributed by atoms with Crippen molar-refractivity contribution in [3.8, 4) is 0 Å². The number of hydrogen-bond donors (Lipinski definition) is 1. The minimum Gasteiger partial charge on any atom is -0.440 e. The van der Waals surface area contributed by atoms with E-state index < -0.39 is 26.8 Å². The average Bonchev–Trinajstić information content (AvgIpc) is 2.90. The summed E-state index contributed by atoms with van der Waals surface area (Å²) < 4.78 is 56.2. The van der Waals surface area contributed by atoms with Gasteiger partial charge in [-0.2, -0.15) is 0 Å². The van der Waals surface area contributed by atoms with Crippen molar-refractivity contribution in [2.75, 3.05) is 0 Å². The van der Waals surface area contributed by atoms with Gasteiger partial charge in [0.1, 0.15) is 0 Å². The molecular weight excluding hydrogens is 292 g/mol. The molecule has 1 aromatic heterocycles. The van der Waals surface area contributed by atoms with Crippen LogP contribution < -0.4 is 4.72 Å². The summed E-state index contributed by atoms with van der Waals surface area (Å²) in [6.07, 6.45) is 0.369. The van der Waals surface area contributed by atoms with E-state index in [0.29, 0.717) is 6.29 Å². The number of halogens is 2. The van der Waals surface area contributed by atoms with Gasteiger partial charge in [-0.3, -0.25) is 4.79 Å². The zero-order valence-corrected chi connectivity index (χ0v) is 10.8. The fourth-order valence-corrected chi connectivity index (χ4v) is 2.39. The van der Waals surface area contributed by atoms with Gasteiger partial charge >= 0.3 is 0 Å². The number of aldehydes is 1. The molecule has 0 fully saturated rings. The lowest BCUT2D eigenvalue weighted by atomic mass is 10.2. The van der Waals surface area contributed by atoms with Crippen LogP contribution in [0, 0.1) is 11.6 Å². The van der Waals surface area contributed by atoms with Gasteiger partial charge in [-0.15, -0.1) is 0 Å². The van der Waals surface area contributed by atoms with Gasteiger partial charge in [0, 0.05) is 6.54 Å². The highest BCUT2D eigenvalue weighted by molar-refractivity contribution is 7.89. The third-order valence-electron chi connectivity index (χ3n) is 2.43. The molecule has 20 heavy (non-hydrogen) atoms. The third kappa shape index (κ3) is 3.09. The standard InChI is InChI=1S/C12H9F2NO4S/c13-10-3-1-8(5-11(10)14)6-15-20(17,18)12-4-2-9(7-16)19-12/h1-5,7,15H,6H2. The van der Waals surface area contributed by atoms with Crippen LogP contribution >= 0.6 is 0 Å². The number of furan rings is 1. The second-order valence-corrected chi connectivity index (χ2v) is 5.55. The molecule has 0 spiro atoms. The van der Waals surface area contributed by atoms with Crippen molar-refractivity contribution in [2.45, 2.75) is 11.6 Å². The number of carbonyl (C=O) groups is 1. The molecule has 2 rings (SSSR count). The van der Waals surface area contributed by atoms with E-state index in [9.17, 15) is 22.0 Å². The quantitative estimate of drug-likeness (QED) is 0.855. The molecule has 2 aromatic rings. The molecule has 0 saturated carbocycles. The van der Waals surface area contributed by atoms with Crippen molar-refractivity contribution in [3.63, 3.8) is 0 Å². The van der Waals surface area contributed by atoms with E-state index in [0.717, 1.165) is 18.2 Å². The van der Waals surface area contributed by atoms with Crippen LogP contribution in [0.25, 0.3) is 0 Å². The van der Waals surface area contributed by atoms with Crippen LogP contribution in [0.3, 0.4) is 0 Å². The second-order valence-electron chi connectivity index (χ2n) is 3.85. The lowest BCUT2D eigenvalue weighted by Crippen LogP contribution is -2.22. The number of rotatable bonds is 5. The molecule has 0 amide bonds. The van der Waals surface area contributed by atoms with E-state index in [4.69, 9.17) is 4.42 Å². The normalized spacial score (nSPS) is 11.5. The first kappa shape index (κ1) is 14.4. The van der Waals surface area contributed by atoms with Gasteiger partial charge in [-0.05, 0) is 29.8 Å². The lowest BCUT2D eigenvalue weighted by molar-refractivity contribution is 0.109. The van der Waals surface area contributed by atoms with Gasteiger partial charge < -0.3 is 4.42 Å². The van der Waals surface area contributed by atoms with Crippen molar-refractivity contribution < 1.29 is 26.4 Å². The molecule has 0 bridgehead atoms. The Labute approximate surface area is 113 Å². The minimum absolute atomic E-state index is 0.127. The Morgan fingerprint density at radius 3 is 2.50 bits per heavy atom. The number of sulfonamides is 1. The fraction of sp³-hybridized carbons (Fsp3) is 0.0833. The number of hydrogen-bond acceptors (Lipinski definition) is 4. The average molecular weight is 301 g/mol. The Hall–Kier alpha value is -2.06. The molecule has 0 saturated heterocycles. The van der Waals surface area contributed by atoms with Crippen LogP contribution in [0.2, 0.25) is 0 Å². The highest BCUT2D eigenvalue weighted by atomic mass is 32.2. The van der Waals surface area contributed by atoms with Gasteiger partial charge in [0.2, 0.25) is 5.09 Å². The monoisotopic (exact) mass is 301 g/mol.